The van der Waals surface area contributed by atoms with Crippen LogP contribution in [0.1, 0.15) is 6.42 Å². The van der Waals surface area contributed by atoms with Crippen LogP contribution in [0.5, 0.6) is 0 Å². The molecule has 0 spiro atoms. The topological polar surface area (TPSA) is 67.2 Å². The molecule has 0 radical (unpaired) electrons. The molecule has 1 aromatic heterocycles. The first-order valence-electron chi connectivity index (χ1n) is 10.4. The number of benzene rings is 3. The van der Waals surface area contributed by atoms with Crippen molar-refractivity contribution in [1.82, 2.24) is 14.5 Å². The van der Waals surface area contributed by atoms with Crippen LogP contribution in [0.25, 0.3) is 16.6 Å². The Bertz CT molecular complexity index is 1470. The summed E-state index contributed by atoms with van der Waals surface area (Å²) in [6, 6.07) is 14.3. The Hall–Kier alpha value is -2.36. The van der Waals surface area contributed by atoms with Crippen molar-refractivity contribution in [3.05, 3.63) is 81.7 Å². The van der Waals surface area contributed by atoms with Gasteiger partial charge in [0.15, 0.2) is 0 Å². The van der Waals surface area contributed by atoms with Crippen LogP contribution >= 0.6 is 34.8 Å². The number of sulfonamides is 1. The van der Waals surface area contributed by atoms with Gasteiger partial charge in [-0.15, -0.1) is 0 Å². The number of nitrogens with zero attached hydrogens (tertiary/aromatic N) is 3. The van der Waals surface area contributed by atoms with Gasteiger partial charge in [-0.05, 0) is 55.0 Å². The van der Waals surface area contributed by atoms with Crippen LogP contribution in [0, 0.1) is 5.82 Å². The molecule has 5 rings (SSSR count). The first-order chi connectivity index (χ1) is 16.2. The van der Waals surface area contributed by atoms with Crippen LogP contribution in [-0.2, 0) is 10.0 Å². The number of hydrogen-bond acceptors (Lipinski definition) is 4. The van der Waals surface area contributed by atoms with Gasteiger partial charge in [0.05, 0.1) is 27.4 Å². The van der Waals surface area contributed by atoms with Gasteiger partial charge >= 0.3 is 0 Å². The molecule has 3 aromatic carbocycles. The molecule has 0 bridgehead atoms. The van der Waals surface area contributed by atoms with Crippen molar-refractivity contribution >= 4 is 61.4 Å². The van der Waals surface area contributed by atoms with E-state index in [2.05, 4.69) is 14.7 Å². The van der Waals surface area contributed by atoms with Crippen molar-refractivity contribution in [1.29, 1.82) is 0 Å². The van der Waals surface area contributed by atoms with Crippen LogP contribution in [0.2, 0.25) is 15.1 Å². The fraction of sp³-hybridized carbons (Fsp3) is 0.174. The van der Waals surface area contributed by atoms with E-state index in [1.165, 1.54) is 24.3 Å². The van der Waals surface area contributed by atoms with Gasteiger partial charge in [0.2, 0.25) is 10.0 Å². The van der Waals surface area contributed by atoms with E-state index in [1.54, 1.807) is 23.0 Å². The first kappa shape index (κ1) is 23.4. The Morgan fingerprint density at radius 3 is 2.44 bits per heavy atom. The highest BCUT2D eigenvalue weighted by Gasteiger charge is 2.31. The average molecular weight is 540 g/mol. The number of aromatic nitrogens is 2. The van der Waals surface area contributed by atoms with E-state index in [0.29, 0.717) is 19.5 Å². The monoisotopic (exact) mass is 538 g/mol. The van der Waals surface area contributed by atoms with Crippen molar-refractivity contribution in [2.75, 3.05) is 18.0 Å². The Balaban J connectivity index is 1.39. The molecular weight excluding hydrogens is 522 g/mol. The second kappa shape index (κ2) is 9.02. The number of halogens is 4. The Kier molecular flexibility index (Phi) is 6.20. The van der Waals surface area contributed by atoms with Gasteiger partial charge in [0.25, 0.3) is 0 Å². The first-order valence-corrected chi connectivity index (χ1v) is 13.0. The zero-order valence-corrected chi connectivity index (χ0v) is 20.6. The van der Waals surface area contributed by atoms with E-state index in [-0.39, 0.29) is 31.8 Å². The standard InChI is InChI=1S/C23H18Cl3FN4O2S/c24-14-10-19(25)23(20(26)11-14)34(32,33)29-16-8-9-30(13-16)21-2-1-3-22-18(21)12-28-31(22)17-6-4-15(27)5-7-17/h1-7,10-12,16,29H,8-9,13H2. The number of nitrogens with one attached hydrogen (secondary N) is 1. The largest absolute Gasteiger partial charge is 0.369 e. The van der Waals surface area contributed by atoms with E-state index in [9.17, 15) is 12.8 Å². The van der Waals surface area contributed by atoms with E-state index in [4.69, 9.17) is 34.8 Å². The van der Waals surface area contributed by atoms with Gasteiger partial charge in [-0.1, -0.05) is 40.9 Å². The summed E-state index contributed by atoms with van der Waals surface area (Å²) in [5.74, 6) is -0.312. The lowest BCUT2D eigenvalue weighted by Crippen LogP contribution is -2.37. The second-order valence-electron chi connectivity index (χ2n) is 7.99. The minimum atomic E-state index is -3.95. The van der Waals surface area contributed by atoms with Crippen molar-refractivity contribution in [2.24, 2.45) is 0 Å². The van der Waals surface area contributed by atoms with Gasteiger partial charge < -0.3 is 4.90 Å². The predicted molar refractivity (Wildman–Crippen MR) is 133 cm³/mol. The zero-order valence-electron chi connectivity index (χ0n) is 17.6. The van der Waals surface area contributed by atoms with Gasteiger partial charge in [0.1, 0.15) is 10.7 Å². The molecule has 1 fully saturated rings. The minimum Gasteiger partial charge on any atom is -0.369 e. The number of anilines is 1. The lowest BCUT2D eigenvalue weighted by atomic mass is 10.2. The summed E-state index contributed by atoms with van der Waals surface area (Å²) in [6.45, 7) is 1.11. The summed E-state index contributed by atoms with van der Waals surface area (Å²) in [6.07, 6.45) is 2.36. The molecule has 0 aliphatic carbocycles. The third kappa shape index (κ3) is 4.36. The maximum atomic E-state index is 13.3. The highest BCUT2D eigenvalue weighted by molar-refractivity contribution is 7.89. The quantitative estimate of drug-likeness (QED) is 0.354. The van der Waals surface area contributed by atoms with Crippen LogP contribution < -0.4 is 9.62 Å². The molecular formula is C23H18Cl3FN4O2S. The summed E-state index contributed by atoms with van der Waals surface area (Å²) in [5.41, 5.74) is 2.56. The summed E-state index contributed by atoms with van der Waals surface area (Å²) in [7, 11) is -3.95. The lowest BCUT2D eigenvalue weighted by Gasteiger charge is -2.20. The third-order valence-electron chi connectivity index (χ3n) is 5.74. The maximum Gasteiger partial charge on any atom is 0.243 e. The van der Waals surface area contributed by atoms with Crippen molar-refractivity contribution in [3.8, 4) is 5.69 Å². The maximum absolute atomic E-state index is 13.3. The highest BCUT2D eigenvalue weighted by atomic mass is 35.5. The molecule has 4 aromatic rings. The number of hydrogen-bond donors (Lipinski definition) is 1. The molecule has 1 N–H and O–H groups in total. The van der Waals surface area contributed by atoms with Gasteiger partial charge in [-0.3, -0.25) is 0 Å². The summed E-state index contributed by atoms with van der Waals surface area (Å²) < 4.78 is 43.8. The predicted octanol–water partition coefficient (Wildman–Crippen LogP) is 5.68. The normalized spacial score (nSPS) is 16.5. The highest BCUT2D eigenvalue weighted by Crippen LogP contribution is 2.34. The summed E-state index contributed by atoms with van der Waals surface area (Å²) >= 11 is 18.2. The van der Waals surface area contributed by atoms with E-state index in [0.717, 1.165) is 22.3 Å². The molecule has 34 heavy (non-hydrogen) atoms. The summed E-state index contributed by atoms with van der Waals surface area (Å²) in [4.78, 5) is 1.93. The molecule has 1 aliphatic heterocycles. The van der Waals surface area contributed by atoms with Gasteiger partial charge in [-0.2, -0.15) is 5.10 Å². The van der Waals surface area contributed by atoms with E-state index < -0.39 is 10.0 Å². The van der Waals surface area contributed by atoms with Crippen LogP contribution in [0.4, 0.5) is 10.1 Å². The molecule has 11 heteroatoms. The second-order valence-corrected chi connectivity index (χ2v) is 10.9. The average Bonchev–Trinajstić information content (AvgIpc) is 3.40. The van der Waals surface area contributed by atoms with Crippen molar-refractivity contribution < 1.29 is 12.8 Å². The summed E-state index contributed by atoms with van der Waals surface area (Å²) in [5, 5.41) is 5.60. The van der Waals surface area contributed by atoms with Gasteiger partial charge in [0, 0.05) is 35.2 Å². The van der Waals surface area contributed by atoms with Gasteiger partial charge in [-0.25, -0.2) is 22.2 Å². The molecule has 1 unspecified atom stereocenters. The minimum absolute atomic E-state index is 0.0298. The number of fused-ring (bicyclic) bond motifs is 1. The molecule has 1 aliphatic rings. The Labute approximate surface area is 210 Å². The SMILES string of the molecule is O=S(=O)(NC1CCN(c2cccc3c2cnn3-c2ccc(F)cc2)C1)c1c(Cl)cc(Cl)cc1Cl. The molecule has 1 saturated heterocycles. The molecule has 6 nitrogen and oxygen atoms in total. The van der Waals surface area contributed by atoms with E-state index >= 15 is 0 Å². The Morgan fingerprint density at radius 1 is 1.03 bits per heavy atom. The molecule has 176 valence electrons. The Morgan fingerprint density at radius 2 is 1.74 bits per heavy atom. The van der Waals surface area contributed by atoms with Crippen LogP contribution in [0.3, 0.4) is 0 Å². The zero-order chi connectivity index (χ0) is 24.0. The smallest absolute Gasteiger partial charge is 0.243 e. The van der Waals surface area contributed by atoms with Crippen molar-refractivity contribution in [2.45, 2.75) is 17.4 Å². The molecule has 0 amide bonds. The van der Waals surface area contributed by atoms with Crippen LogP contribution in [-0.4, -0.2) is 37.3 Å². The van der Waals surface area contributed by atoms with Crippen molar-refractivity contribution in [3.63, 3.8) is 0 Å². The fourth-order valence-electron chi connectivity index (χ4n) is 4.24. The lowest BCUT2D eigenvalue weighted by molar-refractivity contribution is 0.561. The molecule has 1 atom stereocenters. The molecule has 2 heterocycles. The molecule has 0 saturated carbocycles. The number of rotatable bonds is 5. The van der Waals surface area contributed by atoms with Crippen LogP contribution in [0.15, 0.2) is 65.7 Å². The third-order valence-corrected chi connectivity index (χ3v) is 8.40. The fourth-order valence-corrected chi connectivity index (χ4v) is 7.05. The van der Waals surface area contributed by atoms with E-state index in [1.807, 2.05) is 18.2 Å².